The lowest BCUT2D eigenvalue weighted by molar-refractivity contribution is -0.119. The van der Waals surface area contributed by atoms with E-state index in [1.807, 2.05) is 35.0 Å². The molecule has 1 N–H and O–H groups in total. The van der Waals surface area contributed by atoms with Gasteiger partial charge in [-0.1, -0.05) is 25.5 Å². The molecule has 4 rings (SSSR count). The molecule has 1 unspecified atom stereocenters. The number of fused-ring (bicyclic) bond motifs is 1. The molecule has 0 spiro atoms. The predicted octanol–water partition coefficient (Wildman–Crippen LogP) is 3.20. The number of rotatable bonds is 8. The molecular weight excluding hydrogens is 390 g/mol. The summed E-state index contributed by atoms with van der Waals surface area (Å²) in [6, 6.07) is 10.1. The van der Waals surface area contributed by atoms with Gasteiger partial charge in [-0.25, -0.2) is 4.68 Å². The second-order valence-electron chi connectivity index (χ2n) is 8.54. The van der Waals surface area contributed by atoms with Crippen molar-refractivity contribution in [1.82, 2.24) is 20.0 Å². The number of anilines is 1. The van der Waals surface area contributed by atoms with Gasteiger partial charge in [-0.15, -0.1) is 0 Å². The van der Waals surface area contributed by atoms with Crippen LogP contribution in [0.4, 0.5) is 5.82 Å². The third-order valence-corrected chi connectivity index (χ3v) is 6.49. The van der Waals surface area contributed by atoms with Crippen molar-refractivity contribution in [2.75, 3.05) is 24.5 Å². The molecule has 0 radical (unpaired) electrons. The van der Waals surface area contributed by atoms with Crippen molar-refractivity contribution in [3.8, 4) is 0 Å². The van der Waals surface area contributed by atoms with Gasteiger partial charge in [-0.2, -0.15) is 5.10 Å². The van der Waals surface area contributed by atoms with Crippen LogP contribution in [-0.2, 0) is 17.9 Å². The molecule has 31 heavy (non-hydrogen) atoms. The Morgan fingerprint density at radius 2 is 2.00 bits per heavy atom. The lowest BCUT2D eigenvalue weighted by Gasteiger charge is -2.35. The molecule has 0 saturated carbocycles. The van der Waals surface area contributed by atoms with Gasteiger partial charge in [0.25, 0.3) is 5.91 Å². The normalized spacial score (nSPS) is 19.3. The van der Waals surface area contributed by atoms with E-state index in [1.165, 1.54) is 32.2 Å². The molecule has 1 saturated heterocycles. The van der Waals surface area contributed by atoms with E-state index in [-0.39, 0.29) is 11.8 Å². The summed E-state index contributed by atoms with van der Waals surface area (Å²) in [7, 11) is 0. The van der Waals surface area contributed by atoms with E-state index in [0.717, 1.165) is 24.3 Å². The standard InChI is InChI=1S/C24H33N5O2/c1-2-21-6-3-4-15-27(21)16-5-13-25-24(31)20-9-7-19(8-10-20)18-28-22-11-14-26-29(22)17-12-23(28)30/h7-11,14,21H,2-6,12-13,15-18H2,1H3,(H,25,31). The van der Waals surface area contributed by atoms with Crippen LogP contribution in [-0.4, -0.2) is 52.2 Å². The third-order valence-electron chi connectivity index (χ3n) is 6.49. The Kier molecular flexibility index (Phi) is 7.02. The number of aryl methyl sites for hydroxylation is 1. The predicted molar refractivity (Wildman–Crippen MR) is 121 cm³/mol. The molecule has 1 fully saturated rings. The summed E-state index contributed by atoms with van der Waals surface area (Å²) in [5, 5.41) is 7.31. The maximum absolute atomic E-state index is 12.5. The second-order valence-corrected chi connectivity index (χ2v) is 8.54. The SMILES string of the molecule is CCC1CCCCN1CCCNC(=O)c1ccc(CN2C(=O)CCn3nccc32)cc1. The summed E-state index contributed by atoms with van der Waals surface area (Å²) in [6.07, 6.45) is 8.32. The second kappa shape index (κ2) is 10.1. The Bertz CT molecular complexity index is 892. The van der Waals surface area contributed by atoms with Crippen molar-refractivity contribution in [2.45, 2.75) is 64.6 Å². The fourth-order valence-electron chi connectivity index (χ4n) is 4.71. The summed E-state index contributed by atoms with van der Waals surface area (Å²) in [5.74, 6) is 0.898. The molecule has 0 bridgehead atoms. The highest BCUT2D eigenvalue weighted by atomic mass is 16.2. The number of amides is 2. The molecule has 166 valence electrons. The lowest BCUT2D eigenvalue weighted by Crippen LogP contribution is -2.40. The largest absolute Gasteiger partial charge is 0.352 e. The smallest absolute Gasteiger partial charge is 0.251 e. The number of likely N-dealkylation sites (tertiary alicyclic amines) is 1. The molecule has 3 heterocycles. The quantitative estimate of drug-likeness (QED) is 0.662. The van der Waals surface area contributed by atoms with Crippen LogP contribution in [0.15, 0.2) is 36.5 Å². The van der Waals surface area contributed by atoms with Gasteiger partial charge in [0.15, 0.2) is 0 Å². The van der Waals surface area contributed by atoms with Crippen LogP contribution in [0.1, 0.15) is 61.4 Å². The minimum absolute atomic E-state index is 0.0376. The van der Waals surface area contributed by atoms with E-state index in [2.05, 4.69) is 22.2 Å². The number of piperidine rings is 1. The molecule has 1 aromatic heterocycles. The van der Waals surface area contributed by atoms with Gasteiger partial charge in [-0.05, 0) is 49.9 Å². The van der Waals surface area contributed by atoms with Crippen LogP contribution in [0, 0.1) is 0 Å². The number of nitrogens with zero attached hydrogens (tertiary/aromatic N) is 4. The van der Waals surface area contributed by atoms with Crippen LogP contribution in [0.3, 0.4) is 0 Å². The number of nitrogens with one attached hydrogen (secondary N) is 1. The third kappa shape index (κ3) is 5.15. The fourth-order valence-corrected chi connectivity index (χ4v) is 4.71. The molecule has 7 heteroatoms. The number of benzene rings is 1. The van der Waals surface area contributed by atoms with Crippen molar-refractivity contribution in [3.05, 3.63) is 47.7 Å². The van der Waals surface area contributed by atoms with Crippen LogP contribution in [0.25, 0.3) is 0 Å². The van der Waals surface area contributed by atoms with Gasteiger partial charge in [0.1, 0.15) is 5.82 Å². The highest BCUT2D eigenvalue weighted by molar-refractivity contribution is 5.95. The summed E-state index contributed by atoms with van der Waals surface area (Å²) < 4.78 is 1.86. The summed E-state index contributed by atoms with van der Waals surface area (Å²) in [4.78, 5) is 29.2. The highest BCUT2D eigenvalue weighted by Gasteiger charge is 2.24. The van der Waals surface area contributed by atoms with Crippen LogP contribution in [0.5, 0.6) is 0 Å². The zero-order valence-electron chi connectivity index (χ0n) is 18.4. The first-order chi connectivity index (χ1) is 15.2. The summed E-state index contributed by atoms with van der Waals surface area (Å²) in [6.45, 7) is 6.32. The Labute approximate surface area is 184 Å². The van der Waals surface area contributed by atoms with Gasteiger partial charge >= 0.3 is 0 Å². The molecule has 1 aromatic carbocycles. The molecule has 7 nitrogen and oxygen atoms in total. The van der Waals surface area contributed by atoms with Crippen LogP contribution >= 0.6 is 0 Å². The van der Waals surface area contributed by atoms with Crippen molar-refractivity contribution < 1.29 is 9.59 Å². The van der Waals surface area contributed by atoms with Crippen LogP contribution < -0.4 is 10.2 Å². The Morgan fingerprint density at radius 1 is 1.16 bits per heavy atom. The first kappa shape index (κ1) is 21.6. The number of hydrogen-bond acceptors (Lipinski definition) is 4. The van der Waals surface area contributed by atoms with Crippen molar-refractivity contribution in [3.63, 3.8) is 0 Å². The molecule has 0 aliphatic carbocycles. The Morgan fingerprint density at radius 3 is 2.81 bits per heavy atom. The molecule has 2 aliphatic heterocycles. The Hall–Kier alpha value is -2.67. The minimum Gasteiger partial charge on any atom is -0.352 e. The Balaban J connectivity index is 1.25. The van der Waals surface area contributed by atoms with Crippen molar-refractivity contribution >= 4 is 17.6 Å². The first-order valence-electron chi connectivity index (χ1n) is 11.6. The fraction of sp³-hybridized carbons (Fsp3) is 0.542. The van der Waals surface area contributed by atoms with E-state index in [1.54, 1.807) is 11.1 Å². The average molecular weight is 424 g/mol. The maximum atomic E-state index is 12.5. The van der Waals surface area contributed by atoms with Gasteiger partial charge < -0.3 is 10.2 Å². The monoisotopic (exact) mass is 423 g/mol. The van der Waals surface area contributed by atoms with Gasteiger partial charge in [0, 0.05) is 37.2 Å². The molecule has 2 aromatic rings. The molecule has 1 atom stereocenters. The number of hydrogen-bond donors (Lipinski definition) is 1. The first-order valence-corrected chi connectivity index (χ1v) is 11.6. The van der Waals surface area contributed by atoms with Gasteiger partial charge in [0.2, 0.25) is 5.91 Å². The molecule has 2 aliphatic rings. The number of aromatic nitrogens is 2. The van der Waals surface area contributed by atoms with Gasteiger partial charge in [-0.3, -0.25) is 14.5 Å². The topological polar surface area (TPSA) is 70.5 Å². The van der Waals surface area contributed by atoms with E-state index in [0.29, 0.717) is 37.7 Å². The van der Waals surface area contributed by atoms with Crippen LogP contribution in [0.2, 0.25) is 0 Å². The summed E-state index contributed by atoms with van der Waals surface area (Å²) in [5.41, 5.74) is 1.65. The lowest BCUT2D eigenvalue weighted by atomic mass is 10.00. The molecular formula is C24H33N5O2. The van der Waals surface area contributed by atoms with Gasteiger partial charge in [0.05, 0.1) is 19.3 Å². The van der Waals surface area contributed by atoms with E-state index in [4.69, 9.17) is 0 Å². The number of carbonyl (C=O) groups excluding carboxylic acids is 2. The summed E-state index contributed by atoms with van der Waals surface area (Å²) >= 11 is 0. The van der Waals surface area contributed by atoms with Crippen molar-refractivity contribution in [1.29, 1.82) is 0 Å². The minimum atomic E-state index is -0.0376. The van der Waals surface area contributed by atoms with Crippen molar-refractivity contribution in [2.24, 2.45) is 0 Å². The molecule has 2 amide bonds. The van der Waals surface area contributed by atoms with E-state index < -0.39 is 0 Å². The van der Waals surface area contributed by atoms with E-state index >= 15 is 0 Å². The highest BCUT2D eigenvalue weighted by Crippen LogP contribution is 2.23. The number of carbonyl (C=O) groups is 2. The van der Waals surface area contributed by atoms with E-state index in [9.17, 15) is 9.59 Å². The zero-order valence-corrected chi connectivity index (χ0v) is 18.4. The zero-order chi connectivity index (χ0) is 21.6. The maximum Gasteiger partial charge on any atom is 0.251 e. The average Bonchev–Trinajstić information content (AvgIpc) is 3.28.